The fourth-order valence-corrected chi connectivity index (χ4v) is 3.55. The smallest absolute Gasteiger partial charge is 0.273 e. The predicted molar refractivity (Wildman–Crippen MR) is 110 cm³/mol. The number of pyridine rings is 1. The van der Waals surface area contributed by atoms with Gasteiger partial charge in [-0.15, -0.1) is 0 Å². The van der Waals surface area contributed by atoms with Crippen molar-refractivity contribution in [1.29, 1.82) is 0 Å². The van der Waals surface area contributed by atoms with Crippen molar-refractivity contribution in [3.05, 3.63) is 79.7 Å². The Morgan fingerprint density at radius 1 is 1.27 bits per heavy atom. The van der Waals surface area contributed by atoms with Crippen LogP contribution in [0.25, 0.3) is 5.69 Å². The van der Waals surface area contributed by atoms with E-state index in [1.807, 2.05) is 0 Å². The number of ether oxygens (including phenoxy) is 1. The van der Waals surface area contributed by atoms with Gasteiger partial charge in [0.1, 0.15) is 40.0 Å². The van der Waals surface area contributed by atoms with E-state index in [2.05, 4.69) is 25.9 Å². The number of nitrogens with zero attached hydrogens (tertiary/aromatic N) is 3. The Labute approximate surface area is 181 Å². The van der Waals surface area contributed by atoms with Crippen LogP contribution in [-0.4, -0.2) is 23.3 Å². The summed E-state index contributed by atoms with van der Waals surface area (Å²) in [4.78, 5) is 21.1. The summed E-state index contributed by atoms with van der Waals surface area (Å²) in [6.45, 7) is 3.14. The molecule has 0 radical (unpaired) electrons. The number of hydrogen-bond acceptors (Lipinski definition) is 5. The van der Waals surface area contributed by atoms with Gasteiger partial charge in [-0.3, -0.25) is 9.36 Å². The zero-order valence-corrected chi connectivity index (χ0v) is 18.3. The van der Waals surface area contributed by atoms with Crippen molar-refractivity contribution < 1.29 is 22.3 Å². The number of aromatic nitrogens is 3. The second kappa shape index (κ2) is 9.11. The molecule has 30 heavy (non-hydrogen) atoms. The molecule has 1 aromatic carbocycles. The molecule has 0 fully saturated rings. The Morgan fingerprint density at radius 2 is 2.00 bits per heavy atom. The van der Waals surface area contributed by atoms with E-state index in [4.69, 9.17) is 9.29 Å². The molecule has 1 unspecified atom stereocenters. The molecule has 2 aromatic heterocycles. The van der Waals surface area contributed by atoms with Crippen LogP contribution in [0.4, 0.5) is 8.78 Å². The highest BCUT2D eigenvalue weighted by Crippen LogP contribution is 2.26. The van der Waals surface area contributed by atoms with Crippen molar-refractivity contribution in [3.63, 3.8) is 0 Å². The summed E-state index contributed by atoms with van der Waals surface area (Å²) in [5.74, 6) is -1.27. The van der Waals surface area contributed by atoms with Gasteiger partial charge in [0.2, 0.25) is 0 Å². The van der Waals surface area contributed by atoms with Crippen molar-refractivity contribution in [2.24, 2.45) is 0 Å². The van der Waals surface area contributed by atoms with Crippen molar-refractivity contribution in [2.45, 2.75) is 26.2 Å². The van der Waals surface area contributed by atoms with Crippen molar-refractivity contribution in [2.75, 3.05) is 0 Å². The molecule has 0 aliphatic heterocycles. The third-order valence-corrected chi connectivity index (χ3v) is 5.43. The fourth-order valence-electron chi connectivity index (χ4n) is 2.79. The van der Waals surface area contributed by atoms with Gasteiger partial charge in [-0.1, -0.05) is 0 Å². The molecule has 3 aromatic rings. The molecular formula is C19H16BrF2N3O4S. The molecule has 3 rings (SSSR count). The maximum absolute atomic E-state index is 13.8. The van der Waals surface area contributed by atoms with Crippen LogP contribution in [-0.2, 0) is 23.4 Å². The molecular weight excluding hydrogens is 484 g/mol. The lowest BCUT2D eigenvalue weighted by atomic mass is 10.2. The lowest BCUT2D eigenvalue weighted by molar-refractivity contribution is 0.296. The van der Waals surface area contributed by atoms with Crippen molar-refractivity contribution >= 4 is 27.0 Å². The highest BCUT2D eigenvalue weighted by molar-refractivity contribution is 9.10. The van der Waals surface area contributed by atoms with Gasteiger partial charge < -0.3 is 9.29 Å². The molecule has 158 valence electrons. The number of halogens is 3. The number of benzene rings is 1. The molecule has 0 spiro atoms. The zero-order chi connectivity index (χ0) is 22.0. The van der Waals surface area contributed by atoms with Crippen LogP contribution in [0.5, 0.6) is 5.75 Å². The van der Waals surface area contributed by atoms with E-state index >= 15 is 0 Å². The summed E-state index contributed by atoms with van der Waals surface area (Å²) in [5.41, 5.74) is 1.05. The summed E-state index contributed by atoms with van der Waals surface area (Å²) < 4.78 is 53.8. The van der Waals surface area contributed by atoms with Crippen LogP contribution in [0.3, 0.4) is 0 Å². The lowest BCUT2D eigenvalue weighted by Crippen LogP contribution is -2.23. The molecule has 11 heteroatoms. The number of rotatable bonds is 6. The third kappa shape index (κ3) is 4.79. The van der Waals surface area contributed by atoms with Gasteiger partial charge in [0, 0.05) is 23.4 Å². The Bertz CT molecular complexity index is 1200. The predicted octanol–water partition coefficient (Wildman–Crippen LogP) is 3.59. The first kappa shape index (κ1) is 22.2. The first-order valence-electron chi connectivity index (χ1n) is 8.56. The van der Waals surface area contributed by atoms with Gasteiger partial charge in [0.05, 0.1) is 17.6 Å². The molecule has 2 heterocycles. The highest BCUT2D eigenvalue weighted by atomic mass is 79.9. The second-order valence-electron chi connectivity index (χ2n) is 6.35. The average molecular weight is 500 g/mol. The average Bonchev–Trinajstić information content (AvgIpc) is 2.66. The van der Waals surface area contributed by atoms with Crippen LogP contribution < -0.4 is 10.3 Å². The summed E-state index contributed by atoms with van der Waals surface area (Å²) in [5, 5.41) is 0. The van der Waals surface area contributed by atoms with Gasteiger partial charge in [0.15, 0.2) is 11.1 Å². The summed E-state index contributed by atoms with van der Waals surface area (Å²) in [6, 6.07) is 4.74. The van der Waals surface area contributed by atoms with E-state index in [9.17, 15) is 17.8 Å². The van der Waals surface area contributed by atoms with E-state index in [1.54, 1.807) is 19.9 Å². The van der Waals surface area contributed by atoms with E-state index in [0.29, 0.717) is 17.1 Å². The minimum absolute atomic E-state index is 0.107. The maximum Gasteiger partial charge on any atom is 0.273 e. The van der Waals surface area contributed by atoms with E-state index in [-0.39, 0.29) is 34.0 Å². The molecule has 0 bridgehead atoms. The Hall–Kier alpha value is -2.50. The molecule has 1 N–H and O–H groups in total. The van der Waals surface area contributed by atoms with Crippen LogP contribution in [0, 0.1) is 25.5 Å². The van der Waals surface area contributed by atoms with Gasteiger partial charge in [-0.2, -0.15) is 0 Å². The first-order valence-corrected chi connectivity index (χ1v) is 10.6. The third-order valence-electron chi connectivity index (χ3n) is 4.19. The molecule has 0 aliphatic rings. The topological polar surface area (TPSA) is 94.3 Å². The molecule has 0 saturated carbocycles. The van der Waals surface area contributed by atoms with Gasteiger partial charge >= 0.3 is 0 Å². The quantitative estimate of drug-likeness (QED) is 0.520. The minimum atomic E-state index is -2.08. The van der Waals surface area contributed by atoms with Crippen molar-refractivity contribution in [3.8, 4) is 11.4 Å². The molecule has 0 aliphatic carbocycles. The monoisotopic (exact) mass is 499 g/mol. The molecule has 7 nitrogen and oxygen atoms in total. The summed E-state index contributed by atoms with van der Waals surface area (Å²) in [7, 11) is 0. The largest absolute Gasteiger partial charge is 0.487 e. The van der Waals surface area contributed by atoms with Crippen molar-refractivity contribution in [1.82, 2.24) is 14.5 Å². The Morgan fingerprint density at radius 3 is 2.63 bits per heavy atom. The molecule has 0 amide bonds. The molecule has 1 atom stereocenters. The first-order chi connectivity index (χ1) is 14.2. The zero-order valence-electron chi connectivity index (χ0n) is 15.9. The number of aryl methyl sites for hydroxylation is 2. The Kier molecular flexibility index (Phi) is 6.74. The normalized spacial score (nSPS) is 12.1. The van der Waals surface area contributed by atoms with Crippen LogP contribution in [0.1, 0.15) is 22.8 Å². The minimum Gasteiger partial charge on any atom is -0.487 e. The number of hydrogen-bond donors (Lipinski definition) is 1. The maximum atomic E-state index is 13.8. The molecule has 0 saturated heterocycles. The Balaban J connectivity index is 1.93. The SMILES string of the molecule is Cc1nc(CS(=O)O)ncc1-n1c(C)cc(OCc2ccc(F)cc2F)c(Br)c1=O. The fraction of sp³-hybridized carbons (Fsp3) is 0.211. The van der Waals surface area contributed by atoms with Crippen LogP contribution >= 0.6 is 15.9 Å². The van der Waals surface area contributed by atoms with E-state index in [0.717, 1.165) is 12.1 Å². The van der Waals surface area contributed by atoms with Gasteiger partial charge in [-0.05, 0) is 41.9 Å². The van der Waals surface area contributed by atoms with Crippen LogP contribution in [0.2, 0.25) is 0 Å². The lowest BCUT2D eigenvalue weighted by Gasteiger charge is -2.16. The second-order valence-corrected chi connectivity index (χ2v) is 8.08. The summed E-state index contributed by atoms with van der Waals surface area (Å²) in [6.07, 6.45) is 1.40. The van der Waals surface area contributed by atoms with E-state index < -0.39 is 28.3 Å². The van der Waals surface area contributed by atoms with Gasteiger partial charge in [0.25, 0.3) is 5.56 Å². The standard InChI is InChI=1S/C19H16BrF2N3O4S/c1-10-5-16(29-8-12-3-4-13(21)6-14(12)22)18(20)19(26)25(10)15-7-23-17(9-30(27)28)24-11(15)2/h3-7H,8-9H2,1-2H3,(H,27,28). The van der Waals surface area contributed by atoms with E-state index in [1.165, 1.54) is 16.8 Å². The van der Waals surface area contributed by atoms with Crippen LogP contribution in [0.15, 0.2) is 39.7 Å². The van der Waals surface area contributed by atoms with Gasteiger partial charge in [-0.25, -0.2) is 23.0 Å². The summed E-state index contributed by atoms with van der Waals surface area (Å²) >= 11 is 1.13. The highest BCUT2D eigenvalue weighted by Gasteiger charge is 2.17.